The predicted molar refractivity (Wildman–Crippen MR) is 66.9 cm³/mol. The standard InChI is InChI=1S/C9H6N2O2.Cl2O.Se/c12-11(13)9-3-1-2-7-6-10-5-4-8(7)9;1-3-2;/h1-6H;;. The maximum Gasteiger partial charge on any atom is 0.277 e. The fourth-order valence-electron chi connectivity index (χ4n) is 1.26. The van der Waals surface area contributed by atoms with Gasteiger partial charge in [-0.3, -0.25) is 15.1 Å². The molecule has 0 aliphatic carbocycles. The van der Waals surface area contributed by atoms with Crippen molar-refractivity contribution in [3.8, 4) is 0 Å². The number of benzene rings is 1. The van der Waals surface area contributed by atoms with Crippen molar-refractivity contribution in [3.05, 3.63) is 46.8 Å². The number of fused-ring (bicyclic) bond motifs is 1. The average molecular weight is 340 g/mol. The van der Waals surface area contributed by atoms with E-state index in [9.17, 15) is 10.1 Å². The molecular weight excluding hydrogens is 334 g/mol. The molecule has 0 saturated carbocycles. The summed E-state index contributed by atoms with van der Waals surface area (Å²) in [6.45, 7) is 0. The van der Waals surface area contributed by atoms with Gasteiger partial charge in [0.05, 0.1) is 34.0 Å². The molecule has 90 valence electrons. The Kier molecular flexibility index (Phi) is 7.78. The summed E-state index contributed by atoms with van der Waals surface area (Å²) >= 11 is 8.53. The van der Waals surface area contributed by atoms with Crippen LogP contribution in [0, 0.1) is 10.1 Å². The minimum Gasteiger partial charge on any atom is -0.264 e. The van der Waals surface area contributed by atoms with Gasteiger partial charge in [-0.25, -0.2) is 0 Å². The van der Waals surface area contributed by atoms with Crippen LogP contribution in [0.25, 0.3) is 10.8 Å². The summed E-state index contributed by atoms with van der Waals surface area (Å²) in [5.74, 6) is 0. The van der Waals surface area contributed by atoms with Gasteiger partial charge >= 0.3 is 0 Å². The van der Waals surface area contributed by atoms with Crippen LogP contribution in [0.15, 0.2) is 36.7 Å². The van der Waals surface area contributed by atoms with E-state index in [1.165, 1.54) is 6.07 Å². The molecule has 1 heterocycles. The molecule has 2 rings (SSSR count). The molecule has 0 atom stereocenters. The van der Waals surface area contributed by atoms with Gasteiger partial charge in [0, 0.05) is 40.9 Å². The van der Waals surface area contributed by atoms with Crippen LogP contribution in [0.1, 0.15) is 0 Å². The Hall–Kier alpha value is -0.911. The van der Waals surface area contributed by atoms with E-state index in [1.807, 2.05) is 0 Å². The van der Waals surface area contributed by atoms with E-state index < -0.39 is 0 Å². The Morgan fingerprint density at radius 2 is 1.94 bits per heavy atom. The number of pyridine rings is 1. The maximum absolute atomic E-state index is 10.6. The van der Waals surface area contributed by atoms with Crippen molar-refractivity contribution in [1.82, 2.24) is 4.98 Å². The number of nitro groups is 1. The van der Waals surface area contributed by atoms with E-state index in [-0.39, 0.29) is 27.7 Å². The molecule has 0 unspecified atom stereocenters. The second-order valence-electron chi connectivity index (χ2n) is 2.69. The first kappa shape index (κ1) is 16.1. The van der Waals surface area contributed by atoms with Crippen molar-refractivity contribution in [2.75, 3.05) is 0 Å². The number of aromatic nitrogens is 1. The summed E-state index contributed by atoms with van der Waals surface area (Å²) in [6, 6.07) is 6.59. The van der Waals surface area contributed by atoms with E-state index in [1.54, 1.807) is 30.6 Å². The summed E-state index contributed by atoms with van der Waals surface area (Å²) in [7, 11) is 0. The van der Waals surface area contributed by atoms with E-state index in [4.69, 9.17) is 0 Å². The molecule has 5 nitrogen and oxygen atoms in total. The van der Waals surface area contributed by atoms with Crippen LogP contribution < -0.4 is 0 Å². The molecule has 1 aromatic carbocycles. The smallest absolute Gasteiger partial charge is 0.264 e. The van der Waals surface area contributed by atoms with Crippen LogP contribution in [-0.2, 0) is 3.84 Å². The average Bonchev–Trinajstić information content (AvgIpc) is 2.29. The molecule has 0 N–H and O–H groups in total. The molecule has 0 amide bonds. The number of hydrogen-bond acceptors (Lipinski definition) is 4. The Morgan fingerprint density at radius 1 is 1.29 bits per heavy atom. The van der Waals surface area contributed by atoms with Crippen LogP contribution in [0.3, 0.4) is 0 Å². The van der Waals surface area contributed by atoms with Gasteiger partial charge in [-0.15, -0.1) is 0 Å². The molecule has 0 bridgehead atoms. The van der Waals surface area contributed by atoms with Gasteiger partial charge in [0.2, 0.25) is 0 Å². The first-order valence-corrected chi connectivity index (χ1v) is 4.69. The van der Waals surface area contributed by atoms with Crippen LogP contribution in [-0.4, -0.2) is 27.0 Å². The van der Waals surface area contributed by atoms with Crippen molar-refractivity contribution in [2.45, 2.75) is 0 Å². The van der Waals surface area contributed by atoms with Crippen LogP contribution in [0.2, 0.25) is 0 Å². The van der Waals surface area contributed by atoms with Gasteiger partial charge in [0.1, 0.15) is 0 Å². The molecule has 17 heavy (non-hydrogen) atoms. The van der Waals surface area contributed by atoms with Crippen molar-refractivity contribution in [3.63, 3.8) is 0 Å². The molecule has 2 aromatic rings. The Bertz CT molecular complexity index is 493. The Labute approximate surface area is 118 Å². The fraction of sp³-hybridized carbons (Fsp3) is 0. The topological polar surface area (TPSA) is 65.3 Å². The van der Waals surface area contributed by atoms with E-state index in [2.05, 4.69) is 32.6 Å². The maximum atomic E-state index is 10.6. The largest absolute Gasteiger partial charge is 0.277 e. The number of nitrogens with zero attached hydrogens (tertiary/aromatic N) is 2. The predicted octanol–water partition coefficient (Wildman–Crippen LogP) is 3.07. The SMILES string of the molecule is ClOCl.O=[N+]([O-])c1cccc2cnccc12.[Se]. The Morgan fingerprint density at radius 3 is 2.53 bits per heavy atom. The van der Waals surface area contributed by atoms with E-state index in [0.29, 0.717) is 5.39 Å². The van der Waals surface area contributed by atoms with Gasteiger partial charge in [-0.1, -0.05) is 12.1 Å². The molecule has 0 spiro atoms. The molecule has 1 aromatic heterocycles. The number of non-ortho nitro benzene ring substituents is 1. The number of halogens is 2. The zero-order valence-electron chi connectivity index (χ0n) is 8.25. The summed E-state index contributed by atoms with van der Waals surface area (Å²) in [6.07, 6.45) is 3.16. The van der Waals surface area contributed by atoms with Crippen LogP contribution in [0.4, 0.5) is 5.69 Å². The van der Waals surface area contributed by atoms with E-state index >= 15 is 0 Å². The molecule has 0 saturated heterocycles. The fourth-order valence-corrected chi connectivity index (χ4v) is 1.26. The monoisotopic (exact) mass is 340 g/mol. The quantitative estimate of drug-likeness (QED) is 0.455. The molecule has 0 aliphatic rings. The number of rotatable bonds is 1. The third-order valence-corrected chi connectivity index (χ3v) is 1.85. The van der Waals surface area contributed by atoms with Crippen LogP contribution >= 0.6 is 23.7 Å². The molecule has 0 fully saturated rings. The first-order chi connectivity index (χ1) is 7.70. The van der Waals surface area contributed by atoms with Crippen molar-refractivity contribution in [2.24, 2.45) is 0 Å². The van der Waals surface area contributed by atoms with Gasteiger partial charge in [0.15, 0.2) is 0 Å². The second kappa shape index (κ2) is 8.22. The van der Waals surface area contributed by atoms with Gasteiger partial charge in [-0.05, 0) is 6.07 Å². The third-order valence-electron chi connectivity index (χ3n) is 1.85. The van der Waals surface area contributed by atoms with Gasteiger partial charge in [-0.2, -0.15) is 3.84 Å². The van der Waals surface area contributed by atoms with Crippen molar-refractivity contribution in [1.29, 1.82) is 0 Å². The third kappa shape index (κ3) is 4.46. The number of hydrogen-bond donors (Lipinski definition) is 0. The summed E-state index contributed by atoms with van der Waals surface area (Å²) in [5.41, 5.74) is 0.125. The minimum atomic E-state index is -0.387. The number of nitro benzene ring substituents is 1. The first-order valence-electron chi connectivity index (χ1n) is 4.07. The Balaban J connectivity index is 0.000000583. The molecular formula is C9H6Cl2N2O3Se. The summed E-state index contributed by atoms with van der Waals surface area (Å²) in [4.78, 5) is 14.1. The minimum absolute atomic E-state index is 0. The van der Waals surface area contributed by atoms with Crippen molar-refractivity contribution >= 4 is 57.3 Å². The van der Waals surface area contributed by atoms with Gasteiger partial charge < -0.3 is 0 Å². The molecule has 2 radical (unpaired) electrons. The zero-order valence-corrected chi connectivity index (χ0v) is 11.5. The summed E-state index contributed by atoms with van der Waals surface area (Å²) < 4.78 is 3.19. The molecule has 8 heteroatoms. The van der Waals surface area contributed by atoms with Crippen molar-refractivity contribution < 1.29 is 8.77 Å². The van der Waals surface area contributed by atoms with Crippen LogP contribution in [0.5, 0.6) is 0 Å². The van der Waals surface area contributed by atoms with E-state index in [0.717, 1.165) is 5.39 Å². The molecule has 0 aliphatic heterocycles. The second-order valence-corrected chi connectivity index (χ2v) is 3.16. The zero-order chi connectivity index (χ0) is 12.0. The summed E-state index contributed by atoms with van der Waals surface area (Å²) in [5, 5.41) is 12.0. The normalized spacial score (nSPS) is 8.82. The van der Waals surface area contributed by atoms with Gasteiger partial charge in [0.25, 0.3) is 5.69 Å².